The van der Waals surface area contributed by atoms with E-state index >= 15 is 0 Å². The molecule has 1 aliphatic rings. The van der Waals surface area contributed by atoms with Crippen LogP contribution >= 0.6 is 0 Å². The molecule has 0 unspecified atom stereocenters. The topological polar surface area (TPSA) is 55.8 Å². The number of likely N-dealkylation sites (tertiary alicyclic amines) is 1. The van der Waals surface area contributed by atoms with Crippen molar-refractivity contribution in [3.05, 3.63) is 0 Å². The van der Waals surface area contributed by atoms with Crippen molar-refractivity contribution in [3.63, 3.8) is 0 Å². The summed E-state index contributed by atoms with van der Waals surface area (Å²) in [5.74, 6) is -3.98. The number of halogens is 2. The van der Waals surface area contributed by atoms with Gasteiger partial charge in [0.25, 0.3) is 5.92 Å². The largest absolute Gasteiger partial charge is 0.467 e. The van der Waals surface area contributed by atoms with E-state index in [9.17, 15) is 18.4 Å². The molecule has 1 amide bonds. The highest BCUT2D eigenvalue weighted by Crippen LogP contribution is 2.43. The molecular formula is C13H21F2NO4. The number of alkyl halides is 2. The van der Waals surface area contributed by atoms with E-state index in [0.717, 1.165) is 12.0 Å². The predicted molar refractivity (Wildman–Crippen MR) is 67.5 cm³/mol. The van der Waals surface area contributed by atoms with Gasteiger partial charge in [0.15, 0.2) is 0 Å². The molecule has 0 bridgehead atoms. The fourth-order valence-corrected chi connectivity index (χ4v) is 2.35. The molecule has 20 heavy (non-hydrogen) atoms. The quantitative estimate of drug-likeness (QED) is 0.734. The van der Waals surface area contributed by atoms with Gasteiger partial charge in [0.05, 0.1) is 13.7 Å². The van der Waals surface area contributed by atoms with Crippen LogP contribution in [-0.2, 0) is 14.3 Å². The summed E-state index contributed by atoms with van der Waals surface area (Å²) in [4.78, 5) is 24.8. The van der Waals surface area contributed by atoms with Gasteiger partial charge in [0, 0.05) is 6.42 Å². The summed E-state index contributed by atoms with van der Waals surface area (Å²) in [5.41, 5.74) is -2.49. The summed E-state index contributed by atoms with van der Waals surface area (Å²) in [7, 11) is 1.11. The SMILES string of the molecule is CC[C@@]1(C(=O)OC)CC(F)(F)CN1C(=O)OC(C)(C)C. The number of carbonyl (C=O) groups is 2. The third kappa shape index (κ3) is 3.19. The van der Waals surface area contributed by atoms with Gasteiger partial charge < -0.3 is 9.47 Å². The standard InChI is InChI=1S/C13H21F2NO4/c1-6-12(9(17)19-5)7-13(14,15)8-16(12)10(18)20-11(2,3)4/h6-8H2,1-5H3/t12-/m0/s1. The molecule has 1 saturated heterocycles. The molecule has 0 aliphatic carbocycles. The van der Waals surface area contributed by atoms with Crippen molar-refractivity contribution < 1.29 is 27.8 Å². The number of methoxy groups -OCH3 is 1. The fourth-order valence-electron chi connectivity index (χ4n) is 2.35. The van der Waals surface area contributed by atoms with E-state index in [1.54, 1.807) is 27.7 Å². The molecule has 1 atom stereocenters. The van der Waals surface area contributed by atoms with E-state index in [4.69, 9.17) is 4.74 Å². The zero-order valence-electron chi connectivity index (χ0n) is 12.5. The normalized spacial score (nSPS) is 25.4. The Balaban J connectivity index is 3.13. The molecule has 1 rings (SSSR count). The minimum absolute atomic E-state index is 0.0362. The summed E-state index contributed by atoms with van der Waals surface area (Å²) in [6.07, 6.45) is -1.64. The van der Waals surface area contributed by atoms with Crippen molar-refractivity contribution in [2.24, 2.45) is 0 Å². The van der Waals surface area contributed by atoms with E-state index in [1.807, 2.05) is 0 Å². The average Bonchev–Trinajstić information content (AvgIpc) is 2.59. The number of amides is 1. The Morgan fingerprint density at radius 2 is 1.85 bits per heavy atom. The summed E-state index contributed by atoms with van der Waals surface area (Å²) in [5, 5.41) is 0. The van der Waals surface area contributed by atoms with E-state index in [0.29, 0.717) is 0 Å². The van der Waals surface area contributed by atoms with Gasteiger partial charge in [-0.1, -0.05) is 6.92 Å². The zero-order valence-corrected chi connectivity index (χ0v) is 12.5. The molecule has 5 nitrogen and oxygen atoms in total. The van der Waals surface area contributed by atoms with Gasteiger partial charge in [-0.15, -0.1) is 0 Å². The highest BCUT2D eigenvalue weighted by molar-refractivity contribution is 5.87. The first-order valence-electron chi connectivity index (χ1n) is 6.44. The molecule has 0 N–H and O–H groups in total. The Morgan fingerprint density at radius 3 is 2.25 bits per heavy atom. The minimum atomic E-state index is -3.14. The smallest absolute Gasteiger partial charge is 0.411 e. The molecule has 0 aromatic heterocycles. The third-order valence-electron chi connectivity index (χ3n) is 3.22. The van der Waals surface area contributed by atoms with Gasteiger partial charge in [-0.05, 0) is 27.2 Å². The van der Waals surface area contributed by atoms with E-state index < -0.39 is 42.1 Å². The highest BCUT2D eigenvalue weighted by atomic mass is 19.3. The van der Waals surface area contributed by atoms with Crippen molar-refractivity contribution in [2.45, 2.75) is 57.6 Å². The molecule has 0 aromatic carbocycles. The van der Waals surface area contributed by atoms with Crippen LogP contribution in [0.4, 0.5) is 13.6 Å². The first-order chi connectivity index (χ1) is 8.97. The lowest BCUT2D eigenvalue weighted by atomic mass is 9.92. The molecule has 0 spiro atoms. The lowest BCUT2D eigenvalue weighted by Crippen LogP contribution is -2.54. The van der Waals surface area contributed by atoms with E-state index in [2.05, 4.69) is 4.74 Å². The second-order valence-corrected chi connectivity index (χ2v) is 5.98. The molecule has 7 heteroatoms. The van der Waals surface area contributed by atoms with Crippen LogP contribution in [0.25, 0.3) is 0 Å². The van der Waals surface area contributed by atoms with Crippen LogP contribution in [0.15, 0.2) is 0 Å². The molecule has 0 radical (unpaired) electrons. The second kappa shape index (κ2) is 5.18. The van der Waals surface area contributed by atoms with Crippen LogP contribution < -0.4 is 0 Å². The molecule has 1 heterocycles. The van der Waals surface area contributed by atoms with Gasteiger partial charge >= 0.3 is 12.1 Å². The maximum absolute atomic E-state index is 13.7. The van der Waals surface area contributed by atoms with Gasteiger partial charge in [-0.3, -0.25) is 4.90 Å². The second-order valence-electron chi connectivity index (χ2n) is 5.98. The third-order valence-corrected chi connectivity index (χ3v) is 3.22. The van der Waals surface area contributed by atoms with E-state index in [-0.39, 0.29) is 6.42 Å². The Hall–Kier alpha value is -1.40. The van der Waals surface area contributed by atoms with Crippen LogP contribution in [0.2, 0.25) is 0 Å². The van der Waals surface area contributed by atoms with Crippen LogP contribution in [0.3, 0.4) is 0 Å². The molecule has 116 valence electrons. The number of esters is 1. The molecular weight excluding hydrogens is 272 g/mol. The van der Waals surface area contributed by atoms with Crippen molar-refractivity contribution in [2.75, 3.05) is 13.7 Å². The number of carbonyl (C=O) groups excluding carboxylic acids is 2. The summed E-state index contributed by atoms with van der Waals surface area (Å²) >= 11 is 0. The average molecular weight is 293 g/mol. The Kier molecular flexibility index (Phi) is 4.31. The number of hydrogen-bond acceptors (Lipinski definition) is 4. The van der Waals surface area contributed by atoms with Crippen molar-refractivity contribution in [3.8, 4) is 0 Å². The number of nitrogens with zero attached hydrogens (tertiary/aromatic N) is 1. The van der Waals surface area contributed by atoms with Crippen LogP contribution in [0.1, 0.15) is 40.5 Å². The number of hydrogen-bond donors (Lipinski definition) is 0. The molecule has 0 saturated carbocycles. The van der Waals surface area contributed by atoms with Crippen LogP contribution in [0, 0.1) is 0 Å². The van der Waals surface area contributed by atoms with Crippen LogP contribution in [-0.4, -0.2) is 47.7 Å². The summed E-state index contributed by atoms with van der Waals surface area (Å²) in [6.45, 7) is 5.61. The Labute approximate surface area is 117 Å². The van der Waals surface area contributed by atoms with E-state index in [1.165, 1.54) is 0 Å². The highest BCUT2D eigenvalue weighted by Gasteiger charge is 2.61. The summed E-state index contributed by atoms with van der Waals surface area (Å²) < 4.78 is 37.1. The van der Waals surface area contributed by atoms with Crippen molar-refractivity contribution in [1.82, 2.24) is 4.90 Å². The lowest BCUT2D eigenvalue weighted by molar-refractivity contribution is -0.153. The Bertz CT molecular complexity index is 406. The van der Waals surface area contributed by atoms with Crippen LogP contribution in [0.5, 0.6) is 0 Å². The maximum atomic E-state index is 13.7. The number of ether oxygens (including phenoxy) is 2. The summed E-state index contributed by atoms with van der Waals surface area (Å²) in [6, 6.07) is 0. The predicted octanol–water partition coefficient (Wildman–Crippen LogP) is 2.58. The first kappa shape index (κ1) is 16.7. The van der Waals surface area contributed by atoms with Gasteiger partial charge in [-0.25, -0.2) is 18.4 Å². The van der Waals surface area contributed by atoms with Crippen molar-refractivity contribution in [1.29, 1.82) is 0 Å². The first-order valence-corrected chi connectivity index (χ1v) is 6.44. The zero-order chi connectivity index (χ0) is 15.8. The molecule has 1 fully saturated rings. The fraction of sp³-hybridized carbons (Fsp3) is 0.846. The maximum Gasteiger partial charge on any atom is 0.411 e. The van der Waals surface area contributed by atoms with Gasteiger partial charge in [-0.2, -0.15) is 0 Å². The monoisotopic (exact) mass is 293 g/mol. The number of rotatable bonds is 2. The van der Waals surface area contributed by atoms with Gasteiger partial charge in [0.2, 0.25) is 0 Å². The Morgan fingerprint density at radius 1 is 1.30 bits per heavy atom. The minimum Gasteiger partial charge on any atom is -0.467 e. The van der Waals surface area contributed by atoms with Gasteiger partial charge in [0.1, 0.15) is 11.1 Å². The molecule has 1 aliphatic heterocycles. The van der Waals surface area contributed by atoms with Crippen molar-refractivity contribution >= 4 is 12.1 Å². The lowest BCUT2D eigenvalue weighted by Gasteiger charge is -2.35. The molecule has 0 aromatic rings.